The maximum Gasteiger partial charge on any atom is 1.00 e. The number of hydrogen-bond donors (Lipinski definition) is 2. The summed E-state index contributed by atoms with van der Waals surface area (Å²) in [5, 5.41) is 5.38. The van der Waals surface area contributed by atoms with E-state index in [0.717, 1.165) is 24.3 Å². The molecule has 16 heteroatoms. The van der Waals surface area contributed by atoms with E-state index in [9.17, 15) is 25.9 Å². The Bertz CT molecular complexity index is 1160. The van der Waals surface area contributed by atoms with Crippen LogP contribution in [0.4, 0.5) is 23.3 Å². The van der Waals surface area contributed by atoms with E-state index < -0.39 is 20.2 Å². The molecule has 2 N–H and O–H groups in total. The third-order valence-corrected chi connectivity index (χ3v) is 5.27. The summed E-state index contributed by atoms with van der Waals surface area (Å²) in [7, 11) is -9.12. The van der Waals surface area contributed by atoms with E-state index in [0.29, 0.717) is 11.4 Å². The topological polar surface area (TPSA) is 177 Å². The third-order valence-electron chi connectivity index (χ3n) is 3.41. The van der Waals surface area contributed by atoms with Gasteiger partial charge in [0.05, 0.1) is 9.79 Å². The van der Waals surface area contributed by atoms with Crippen LogP contribution in [0.5, 0.6) is 0 Å². The van der Waals surface area contributed by atoms with Gasteiger partial charge < -0.3 is 19.7 Å². The van der Waals surface area contributed by atoms with E-state index in [1.54, 1.807) is 0 Å². The predicted octanol–water partition coefficient (Wildman–Crippen LogP) is -4.17. The second-order valence-corrected chi connectivity index (χ2v) is 8.56. The largest absolute Gasteiger partial charge is 1.00 e. The summed E-state index contributed by atoms with van der Waals surface area (Å²) in [5.41, 5.74) is 0.770. The molecule has 0 saturated carbocycles. The maximum atomic E-state index is 11.0. The van der Waals surface area contributed by atoms with Gasteiger partial charge in [0.15, 0.2) is 0 Å². The molecule has 152 valence electrons. The number of nitrogens with one attached hydrogen (secondary N) is 2. The third kappa shape index (κ3) is 7.77. The summed E-state index contributed by atoms with van der Waals surface area (Å²) in [6.07, 6.45) is 0. The second-order valence-electron chi connectivity index (χ2n) is 5.46. The molecule has 0 aliphatic carbocycles. The Labute approximate surface area is 206 Å². The second kappa shape index (κ2) is 10.8. The van der Waals surface area contributed by atoms with E-state index in [1.807, 2.05) is 0 Å². The van der Waals surface area contributed by atoms with Crippen LogP contribution in [0.2, 0.25) is 5.28 Å². The quantitative estimate of drug-likeness (QED) is 0.264. The monoisotopic (exact) mass is 469 g/mol. The van der Waals surface area contributed by atoms with Crippen LogP contribution >= 0.6 is 11.6 Å². The number of halogens is 1. The smallest absolute Gasteiger partial charge is 0.744 e. The van der Waals surface area contributed by atoms with Crippen molar-refractivity contribution < 1.29 is 63.7 Å². The molecule has 0 atom stereocenters. The molecule has 0 saturated heterocycles. The average Bonchev–Trinajstić information content (AvgIpc) is 2.60. The van der Waals surface area contributed by atoms with Crippen LogP contribution in [0.15, 0.2) is 58.3 Å². The Balaban J connectivity index is 0.00000240. The molecule has 2 aromatic carbocycles. The number of anilines is 4. The SMILES string of the molecule is O=S(=O)([O-])c1ccc(Nc2nc(Cl)nc(Nc3ccc(S(=O)(=O)[O-])cc3)n2)cc1.[Li+].[Li+]. The van der Waals surface area contributed by atoms with Gasteiger partial charge in [-0.05, 0) is 60.1 Å². The predicted molar refractivity (Wildman–Crippen MR) is 100 cm³/mol. The minimum absolute atomic E-state index is 0. The van der Waals surface area contributed by atoms with E-state index in [1.165, 1.54) is 24.3 Å². The Kier molecular flexibility index (Phi) is 9.53. The zero-order chi connectivity index (χ0) is 21.2. The summed E-state index contributed by atoms with van der Waals surface area (Å²) in [4.78, 5) is 11.1. The Morgan fingerprint density at radius 1 is 0.645 bits per heavy atom. The summed E-state index contributed by atoms with van der Waals surface area (Å²) >= 11 is 5.87. The molecule has 3 aromatic rings. The standard InChI is InChI=1S/C15H12ClN5O6S2.2Li/c16-13-19-14(17-9-1-5-11(6-2-9)28(22,23)24)21-15(20-13)18-10-3-7-12(8-4-10)29(25,26)27;;/h1-8H,(H,22,23,24)(H,25,26,27)(H2,17,18,19,20,21);;/q;2*+1/p-2. The zero-order valence-electron chi connectivity index (χ0n) is 16.1. The molecule has 0 amide bonds. The van der Waals surface area contributed by atoms with E-state index in [2.05, 4.69) is 25.6 Å². The van der Waals surface area contributed by atoms with Crippen molar-refractivity contribution in [3.63, 3.8) is 0 Å². The van der Waals surface area contributed by atoms with Crippen LogP contribution in [-0.2, 0) is 20.2 Å². The summed E-state index contributed by atoms with van der Waals surface area (Å²) in [6.45, 7) is 0. The molecule has 0 spiro atoms. The van der Waals surface area contributed by atoms with Crippen molar-refractivity contribution in [2.24, 2.45) is 0 Å². The van der Waals surface area contributed by atoms with Crippen LogP contribution in [0.1, 0.15) is 0 Å². The van der Waals surface area contributed by atoms with Crippen LogP contribution in [0.3, 0.4) is 0 Å². The van der Waals surface area contributed by atoms with Gasteiger partial charge >= 0.3 is 37.7 Å². The molecule has 3 rings (SSSR count). The Hall–Kier alpha value is -1.65. The minimum Gasteiger partial charge on any atom is -0.744 e. The molecular weight excluding hydrogens is 460 g/mol. The van der Waals surface area contributed by atoms with Gasteiger partial charge in [0.2, 0.25) is 17.2 Å². The zero-order valence-corrected chi connectivity index (χ0v) is 18.5. The molecule has 11 nitrogen and oxygen atoms in total. The van der Waals surface area contributed by atoms with E-state index >= 15 is 0 Å². The number of rotatable bonds is 6. The molecule has 0 bridgehead atoms. The molecular formula is C15H10ClLi2N5O6S2. The molecule has 31 heavy (non-hydrogen) atoms. The van der Waals surface area contributed by atoms with Crippen molar-refractivity contribution in [1.29, 1.82) is 0 Å². The molecule has 0 aliphatic rings. The van der Waals surface area contributed by atoms with E-state index in [4.69, 9.17) is 11.6 Å². The fourth-order valence-electron chi connectivity index (χ4n) is 2.13. The molecule has 1 aromatic heterocycles. The van der Waals surface area contributed by atoms with Gasteiger partial charge in [-0.3, -0.25) is 0 Å². The van der Waals surface area contributed by atoms with Crippen LogP contribution in [-0.4, -0.2) is 40.9 Å². The number of nitrogens with zero attached hydrogens (tertiary/aromatic N) is 3. The summed E-state index contributed by atoms with van der Waals surface area (Å²) in [5.74, 6) is 0.0352. The van der Waals surface area contributed by atoms with Crippen molar-refractivity contribution in [1.82, 2.24) is 15.0 Å². The van der Waals surface area contributed by atoms with Gasteiger partial charge in [0.25, 0.3) is 0 Å². The number of benzene rings is 2. The number of hydrogen-bond acceptors (Lipinski definition) is 11. The van der Waals surface area contributed by atoms with Crippen LogP contribution in [0, 0.1) is 0 Å². The van der Waals surface area contributed by atoms with Gasteiger partial charge in [-0.2, -0.15) is 15.0 Å². The minimum atomic E-state index is -4.56. The average molecular weight is 470 g/mol. The first-order valence-electron chi connectivity index (χ1n) is 7.58. The van der Waals surface area contributed by atoms with Gasteiger partial charge in [-0.25, -0.2) is 16.8 Å². The molecule has 0 fully saturated rings. The van der Waals surface area contributed by atoms with Crippen LogP contribution < -0.4 is 48.4 Å². The van der Waals surface area contributed by atoms with Gasteiger partial charge in [0, 0.05) is 11.4 Å². The van der Waals surface area contributed by atoms with E-state index in [-0.39, 0.29) is 64.7 Å². The van der Waals surface area contributed by atoms with Crippen molar-refractivity contribution in [2.45, 2.75) is 9.79 Å². The number of aromatic nitrogens is 3. The Morgan fingerprint density at radius 3 is 1.26 bits per heavy atom. The summed E-state index contributed by atoms with van der Waals surface area (Å²) < 4.78 is 65.7. The molecule has 0 radical (unpaired) electrons. The maximum absolute atomic E-state index is 11.0. The first-order valence-corrected chi connectivity index (χ1v) is 10.8. The fraction of sp³-hybridized carbons (Fsp3) is 0. The first kappa shape index (κ1) is 27.4. The van der Waals surface area contributed by atoms with Crippen molar-refractivity contribution in [2.75, 3.05) is 10.6 Å². The summed E-state index contributed by atoms with van der Waals surface area (Å²) in [6, 6.07) is 9.87. The van der Waals surface area contributed by atoms with Crippen molar-refractivity contribution in [3.8, 4) is 0 Å². The fourth-order valence-corrected chi connectivity index (χ4v) is 3.23. The van der Waals surface area contributed by atoms with Crippen molar-refractivity contribution >= 4 is 55.1 Å². The van der Waals surface area contributed by atoms with Gasteiger partial charge in [-0.15, -0.1) is 0 Å². The van der Waals surface area contributed by atoms with Crippen LogP contribution in [0.25, 0.3) is 0 Å². The first-order chi connectivity index (χ1) is 13.5. The molecule has 0 aliphatic heterocycles. The molecule has 1 heterocycles. The normalized spacial score (nSPS) is 11.1. The Morgan fingerprint density at radius 2 is 0.968 bits per heavy atom. The molecule has 0 unspecified atom stereocenters. The van der Waals surface area contributed by atoms with Gasteiger partial charge in [0.1, 0.15) is 20.2 Å². The van der Waals surface area contributed by atoms with Gasteiger partial charge in [-0.1, -0.05) is 0 Å². The van der Waals surface area contributed by atoms with Crippen molar-refractivity contribution in [3.05, 3.63) is 53.8 Å².